The molecule has 0 atom stereocenters. The molecule has 148 valence electrons. The van der Waals surface area contributed by atoms with Crippen molar-refractivity contribution in [1.29, 1.82) is 5.26 Å². The van der Waals surface area contributed by atoms with Crippen molar-refractivity contribution in [3.63, 3.8) is 0 Å². The van der Waals surface area contributed by atoms with Crippen LogP contribution in [0.5, 0.6) is 0 Å². The maximum Gasteiger partial charge on any atom is 0.243 e. The van der Waals surface area contributed by atoms with Crippen LogP contribution in [0.1, 0.15) is 25.0 Å². The lowest BCUT2D eigenvalue weighted by Gasteiger charge is -2.36. The van der Waals surface area contributed by atoms with Crippen LogP contribution in [0, 0.1) is 25.2 Å². The Morgan fingerprint density at radius 1 is 1.22 bits per heavy atom. The summed E-state index contributed by atoms with van der Waals surface area (Å²) in [6, 6.07) is 7.45. The third-order valence-electron chi connectivity index (χ3n) is 5.12. The van der Waals surface area contributed by atoms with Crippen LogP contribution >= 0.6 is 0 Å². The Morgan fingerprint density at radius 2 is 1.81 bits per heavy atom. The van der Waals surface area contributed by atoms with Crippen LogP contribution in [-0.4, -0.2) is 73.7 Å². The Morgan fingerprint density at radius 3 is 2.33 bits per heavy atom. The summed E-state index contributed by atoms with van der Waals surface area (Å²) in [5, 5.41) is 9.16. The van der Waals surface area contributed by atoms with Gasteiger partial charge in [0.2, 0.25) is 15.9 Å². The Bertz CT molecular complexity index is 850. The van der Waals surface area contributed by atoms with E-state index in [2.05, 4.69) is 6.07 Å². The highest BCUT2D eigenvalue weighted by Crippen LogP contribution is 2.22. The molecule has 1 aromatic rings. The number of rotatable bonds is 5. The van der Waals surface area contributed by atoms with Crippen LogP contribution in [0.2, 0.25) is 0 Å². The molecule has 0 aromatic heterocycles. The smallest absolute Gasteiger partial charge is 0.243 e. The lowest BCUT2D eigenvalue weighted by Crippen LogP contribution is -2.53. The first-order chi connectivity index (χ1) is 12.5. The number of carbonyl (C=O) groups excluding carboxylic acids is 1. The quantitative estimate of drug-likeness (QED) is 0.756. The van der Waals surface area contributed by atoms with E-state index in [1.165, 1.54) is 9.21 Å². The number of likely N-dealkylation sites (N-methyl/N-ethyl adjacent to an activating group) is 1. The summed E-state index contributed by atoms with van der Waals surface area (Å²) >= 11 is 0. The van der Waals surface area contributed by atoms with E-state index in [-0.39, 0.29) is 12.5 Å². The van der Waals surface area contributed by atoms with E-state index in [0.29, 0.717) is 31.1 Å². The Hall–Kier alpha value is -1.95. The Balaban J connectivity index is 2.01. The predicted octanol–water partition coefficient (Wildman–Crippen LogP) is 1.37. The molecule has 0 unspecified atom stereocenters. The van der Waals surface area contributed by atoms with Crippen molar-refractivity contribution in [3.8, 4) is 6.07 Å². The van der Waals surface area contributed by atoms with E-state index < -0.39 is 15.6 Å². The van der Waals surface area contributed by atoms with Gasteiger partial charge in [0.05, 0.1) is 17.5 Å². The van der Waals surface area contributed by atoms with Crippen molar-refractivity contribution >= 4 is 15.9 Å². The number of sulfonamides is 1. The van der Waals surface area contributed by atoms with Crippen LogP contribution in [0.15, 0.2) is 23.1 Å². The largest absolute Gasteiger partial charge is 0.326 e. The van der Waals surface area contributed by atoms with E-state index in [0.717, 1.165) is 11.1 Å². The average Bonchev–Trinajstić information content (AvgIpc) is 2.61. The minimum Gasteiger partial charge on any atom is -0.326 e. The maximum atomic E-state index is 12.9. The molecule has 0 spiro atoms. The number of amides is 1. The number of benzene rings is 1. The van der Waals surface area contributed by atoms with Crippen molar-refractivity contribution in [2.45, 2.75) is 38.1 Å². The van der Waals surface area contributed by atoms with E-state index in [9.17, 15) is 13.2 Å². The SMILES string of the molecule is Cc1ccc(S(=O)(=O)N2CCN(CC(=O)N(C)C(C)(C)C#N)CC2)c(C)c1. The fourth-order valence-electron chi connectivity index (χ4n) is 3.04. The van der Waals surface area contributed by atoms with Gasteiger partial charge in [0, 0.05) is 33.2 Å². The van der Waals surface area contributed by atoms with Gasteiger partial charge in [-0.05, 0) is 39.3 Å². The molecule has 1 heterocycles. The highest BCUT2D eigenvalue weighted by molar-refractivity contribution is 7.89. The molecule has 7 nitrogen and oxygen atoms in total. The Labute approximate surface area is 162 Å². The zero-order valence-corrected chi connectivity index (χ0v) is 17.5. The van der Waals surface area contributed by atoms with Gasteiger partial charge in [0.25, 0.3) is 0 Å². The second-order valence-electron chi connectivity index (χ2n) is 7.57. The van der Waals surface area contributed by atoms with Gasteiger partial charge in [-0.15, -0.1) is 0 Å². The minimum atomic E-state index is -3.54. The van der Waals surface area contributed by atoms with Gasteiger partial charge in [0.15, 0.2) is 0 Å². The summed E-state index contributed by atoms with van der Waals surface area (Å²) in [5.74, 6) is -0.146. The molecule has 0 saturated carbocycles. The van der Waals surface area contributed by atoms with E-state index in [4.69, 9.17) is 5.26 Å². The van der Waals surface area contributed by atoms with Crippen LogP contribution < -0.4 is 0 Å². The lowest BCUT2D eigenvalue weighted by atomic mass is 10.1. The Kier molecular flexibility index (Phi) is 6.30. The standard InChI is InChI=1S/C19H28N4O3S/c1-15-6-7-17(16(2)12-15)27(25,26)23-10-8-22(9-11-23)13-18(24)21(5)19(3,4)14-20/h6-7,12H,8-11,13H2,1-5H3. The highest BCUT2D eigenvalue weighted by Gasteiger charge is 2.32. The predicted molar refractivity (Wildman–Crippen MR) is 104 cm³/mol. The molecule has 2 rings (SSSR count). The topological polar surface area (TPSA) is 84.7 Å². The van der Waals surface area contributed by atoms with Crippen LogP contribution in [0.25, 0.3) is 0 Å². The first-order valence-electron chi connectivity index (χ1n) is 8.96. The van der Waals surface area contributed by atoms with E-state index >= 15 is 0 Å². The van der Waals surface area contributed by atoms with Crippen molar-refractivity contribution in [3.05, 3.63) is 29.3 Å². The molecule has 0 N–H and O–H groups in total. The zero-order chi connectivity index (χ0) is 20.4. The van der Waals surface area contributed by atoms with Gasteiger partial charge in [0.1, 0.15) is 5.54 Å². The summed E-state index contributed by atoms with van der Waals surface area (Å²) < 4.78 is 27.3. The summed E-state index contributed by atoms with van der Waals surface area (Å²) in [7, 11) is -1.92. The second-order valence-corrected chi connectivity index (χ2v) is 9.48. The molecule has 1 fully saturated rings. The molecular weight excluding hydrogens is 364 g/mol. The molecule has 1 aliphatic heterocycles. The van der Waals surface area contributed by atoms with Gasteiger partial charge in [-0.3, -0.25) is 9.69 Å². The lowest BCUT2D eigenvalue weighted by molar-refractivity contribution is -0.134. The highest BCUT2D eigenvalue weighted by atomic mass is 32.2. The number of carbonyl (C=O) groups is 1. The van der Waals surface area contributed by atoms with Gasteiger partial charge in [-0.1, -0.05) is 17.7 Å². The van der Waals surface area contributed by atoms with Crippen molar-refractivity contribution in [2.24, 2.45) is 0 Å². The maximum absolute atomic E-state index is 12.9. The molecule has 1 aliphatic rings. The molecule has 0 aliphatic carbocycles. The molecule has 1 saturated heterocycles. The van der Waals surface area contributed by atoms with E-state index in [1.807, 2.05) is 30.9 Å². The van der Waals surface area contributed by atoms with Gasteiger partial charge in [-0.25, -0.2) is 8.42 Å². The molecule has 0 radical (unpaired) electrons. The third-order valence-corrected chi connectivity index (χ3v) is 7.18. The molecule has 1 aromatic carbocycles. The number of hydrogen-bond donors (Lipinski definition) is 0. The van der Waals surface area contributed by atoms with Crippen molar-refractivity contribution < 1.29 is 13.2 Å². The molecule has 0 bridgehead atoms. The zero-order valence-electron chi connectivity index (χ0n) is 16.7. The number of piperazine rings is 1. The number of nitrogens with zero attached hydrogens (tertiary/aromatic N) is 4. The summed E-state index contributed by atoms with van der Waals surface area (Å²) in [4.78, 5) is 16.1. The van der Waals surface area contributed by atoms with Crippen molar-refractivity contribution in [1.82, 2.24) is 14.1 Å². The third kappa shape index (κ3) is 4.67. The fourth-order valence-corrected chi connectivity index (χ4v) is 4.67. The fraction of sp³-hybridized carbons (Fsp3) is 0.579. The summed E-state index contributed by atoms with van der Waals surface area (Å²) in [6.07, 6.45) is 0. The molecule has 8 heteroatoms. The number of hydrogen-bond acceptors (Lipinski definition) is 5. The first kappa shape index (κ1) is 21.4. The number of aryl methyl sites for hydroxylation is 2. The second kappa shape index (κ2) is 7.97. The summed E-state index contributed by atoms with van der Waals surface area (Å²) in [6.45, 7) is 8.96. The van der Waals surface area contributed by atoms with Gasteiger partial charge < -0.3 is 4.90 Å². The minimum absolute atomic E-state index is 0.146. The van der Waals surface area contributed by atoms with Crippen molar-refractivity contribution in [2.75, 3.05) is 39.8 Å². The summed E-state index contributed by atoms with van der Waals surface area (Å²) in [5.41, 5.74) is 0.901. The molecule has 27 heavy (non-hydrogen) atoms. The monoisotopic (exact) mass is 392 g/mol. The van der Waals surface area contributed by atoms with Crippen LogP contribution in [0.3, 0.4) is 0 Å². The molecular formula is C19H28N4O3S. The average molecular weight is 393 g/mol. The van der Waals surface area contributed by atoms with Gasteiger partial charge >= 0.3 is 0 Å². The van der Waals surface area contributed by atoms with Gasteiger partial charge in [-0.2, -0.15) is 9.57 Å². The number of nitriles is 1. The van der Waals surface area contributed by atoms with E-state index in [1.54, 1.807) is 27.0 Å². The van der Waals surface area contributed by atoms with Crippen LogP contribution in [-0.2, 0) is 14.8 Å². The molecule has 1 amide bonds. The first-order valence-corrected chi connectivity index (χ1v) is 10.4. The van der Waals surface area contributed by atoms with Crippen LogP contribution in [0.4, 0.5) is 0 Å². The normalized spacial score (nSPS) is 16.7.